The molecule has 0 spiro atoms. The number of rotatable bonds is 6. The molecule has 0 aliphatic rings. The van der Waals surface area contributed by atoms with E-state index < -0.39 is 6.04 Å². The normalized spacial score (nSPS) is 11.7. The van der Waals surface area contributed by atoms with Gasteiger partial charge in [0, 0.05) is 20.6 Å². The molecule has 2 amide bonds. The van der Waals surface area contributed by atoms with Crippen LogP contribution < -0.4 is 10.6 Å². The van der Waals surface area contributed by atoms with Gasteiger partial charge in [0.05, 0.1) is 6.61 Å². The summed E-state index contributed by atoms with van der Waals surface area (Å²) in [5, 5.41) is 5.35. The SMILES string of the molecule is COCC(NC(C)=O)C(=O)NCc1ccccc1C. The molecule has 5 nitrogen and oxygen atoms in total. The number of amides is 2. The summed E-state index contributed by atoms with van der Waals surface area (Å²) in [6.07, 6.45) is 0. The van der Waals surface area contributed by atoms with Crippen molar-refractivity contribution in [3.8, 4) is 0 Å². The molecule has 104 valence electrons. The van der Waals surface area contributed by atoms with E-state index in [4.69, 9.17) is 4.74 Å². The molecular formula is C14H20N2O3. The van der Waals surface area contributed by atoms with Crippen molar-refractivity contribution in [1.29, 1.82) is 0 Å². The largest absolute Gasteiger partial charge is 0.382 e. The first-order valence-electron chi connectivity index (χ1n) is 6.13. The Morgan fingerprint density at radius 3 is 2.58 bits per heavy atom. The highest BCUT2D eigenvalue weighted by Gasteiger charge is 2.18. The van der Waals surface area contributed by atoms with Crippen LogP contribution in [0.5, 0.6) is 0 Å². The first-order valence-corrected chi connectivity index (χ1v) is 6.13. The Morgan fingerprint density at radius 2 is 2.00 bits per heavy atom. The second-order valence-corrected chi connectivity index (χ2v) is 4.35. The molecule has 1 rings (SSSR count). The van der Waals surface area contributed by atoms with Gasteiger partial charge >= 0.3 is 0 Å². The summed E-state index contributed by atoms with van der Waals surface area (Å²) < 4.78 is 4.93. The van der Waals surface area contributed by atoms with E-state index in [1.165, 1.54) is 14.0 Å². The first-order chi connectivity index (χ1) is 9.04. The van der Waals surface area contributed by atoms with Gasteiger partial charge < -0.3 is 15.4 Å². The average Bonchev–Trinajstić information content (AvgIpc) is 2.36. The van der Waals surface area contributed by atoms with E-state index in [1.807, 2.05) is 31.2 Å². The van der Waals surface area contributed by atoms with Gasteiger partial charge in [0.1, 0.15) is 6.04 Å². The van der Waals surface area contributed by atoms with Crippen molar-refractivity contribution in [3.63, 3.8) is 0 Å². The maximum absolute atomic E-state index is 11.9. The Balaban J connectivity index is 2.57. The van der Waals surface area contributed by atoms with Crippen molar-refractivity contribution in [3.05, 3.63) is 35.4 Å². The summed E-state index contributed by atoms with van der Waals surface area (Å²) in [7, 11) is 1.49. The predicted molar refractivity (Wildman–Crippen MR) is 72.5 cm³/mol. The molecule has 19 heavy (non-hydrogen) atoms. The zero-order valence-corrected chi connectivity index (χ0v) is 11.5. The van der Waals surface area contributed by atoms with Gasteiger partial charge in [0.2, 0.25) is 11.8 Å². The Hall–Kier alpha value is -1.88. The number of ether oxygens (including phenoxy) is 1. The molecule has 0 aliphatic heterocycles. The lowest BCUT2D eigenvalue weighted by Crippen LogP contribution is -2.48. The summed E-state index contributed by atoms with van der Waals surface area (Å²) in [6, 6.07) is 7.16. The summed E-state index contributed by atoms with van der Waals surface area (Å²) in [5.41, 5.74) is 2.17. The van der Waals surface area contributed by atoms with E-state index in [0.29, 0.717) is 6.54 Å². The minimum Gasteiger partial charge on any atom is -0.382 e. The molecule has 2 N–H and O–H groups in total. The lowest BCUT2D eigenvalue weighted by Gasteiger charge is -2.17. The highest BCUT2D eigenvalue weighted by atomic mass is 16.5. The van der Waals surface area contributed by atoms with Crippen LogP contribution in [-0.4, -0.2) is 31.6 Å². The van der Waals surface area contributed by atoms with Crippen LogP contribution in [0.25, 0.3) is 0 Å². The van der Waals surface area contributed by atoms with Crippen molar-refractivity contribution in [2.45, 2.75) is 26.4 Å². The van der Waals surface area contributed by atoms with Gasteiger partial charge in [-0.05, 0) is 18.1 Å². The van der Waals surface area contributed by atoms with E-state index in [2.05, 4.69) is 10.6 Å². The third-order valence-corrected chi connectivity index (χ3v) is 2.74. The van der Waals surface area contributed by atoms with Crippen molar-refractivity contribution >= 4 is 11.8 Å². The van der Waals surface area contributed by atoms with Gasteiger partial charge in [0.15, 0.2) is 0 Å². The quantitative estimate of drug-likeness (QED) is 0.797. The average molecular weight is 264 g/mol. The molecular weight excluding hydrogens is 244 g/mol. The molecule has 1 unspecified atom stereocenters. The molecule has 0 heterocycles. The van der Waals surface area contributed by atoms with Crippen LogP contribution in [0, 0.1) is 6.92 Å². The summed E-state index contributed by atoms with van der Waals surface area (Å²) in [4.78, 5) is 23.0. The molecule has 0 radical (unpaired) electrons. The van der Waals surface area contributed by atoms with Gasteiger partial charge in [-0.2, -0.15) is 0 Å². The van der Waals surface area contributed by atoms with Crippen LogP contribution in [0.1, 0.15) is 18.1 Å². The van der Waals surface area contributed by atoms with Crippen LogP contribution in [0.15, 0.2) is 24.3 Å². The minimum absolute atomic E-state index is 0.152. The number of hydrogen-bond donors (Lipinski definition) is 2. The minimum atomic E-state index is -0.661. The maximum Gasteiger partial charge on any atom is 0.245 e. The third kappa shape index (κ3) is 5.09. The van der Waals surface area contributed by atoms with Crippen molar-refractivity contribution in [1.82, 2.24) is 10.6 Å². The number of aryl methyl sites for hydroxylation is 1. The first kappa shape index (κ1) is 15.2. The molecule has 1 aromatic carbocycles. The Labute approximate surface area is 113 Å². The van der Waals surface area contributed by atoms with E-state index >= 15 is 0 Å². The van der Waals surface area contributed by atoms with Gasteiger partial charge in [0.25, 0.3) is 0 Å². The molecule has 1 aromatic rings. The van der Waals surface area contributed by atoms with Gasteiger partial charge in [-0.15, -0.1) is 0 Å². The second kappa shape index (κ2) is 7.53. The summed E-state index contributed by atoms with van der Waals surface area (Å²) >= 11 is 0. The molecule has 0 saturated carbocycles. The zero-order valence-electron chi connectivity index (χ0n) is 11.5. The molecule has 0 aromatic heterocycles. The topological polar surface area (TPSA) is 67.4 Å². The zero-order chi connectivity index (χ0) is 14.3. The Bertz CT molecular complexity index is 446. The fraction of sp³-hybridized carbons (Fsp3) is 0.429. The van der Waals surface area contributed by atoms with Crippen LogP contribution >= 0.6 is 0 Å². The second-order valence-electron chi connectivity index (χ2n) is 4.35. The van der Waals surface area contributed by atoms with Gasteiger partial charge in [-0.1, -0.05) is 24.3 Å². The summed E-state index contributed by atoms with van der Waals surface area (Å²) in [6.45, 7) is 3.95. The van der Waals surface area contributed by atoms with E-state index in [-0.39, 0.29) is 18.4 Å². The highest BCUT2D eigenvalue weighted by Crippen LogP contribution is 2.06. The Kier molecular flexibility index (Phi) is 6.02. The lowest BCUT2D eigenvalue weighted by molar-refractivity contribution is -0.129. The van der Waals surface area contributed by atoms with Crippen molar-refractivity contribution in [2.75, 3.05) is 13.7 Å². The van der Waals surface area contributed by atoms with Crippen LogP contribution in [0.4, 0.5) is 0 Å². The fourth-order valence-corrected chi connectivity index (χ4v) is 1.71. The van der Waals surface area contributed by atoms with Crippen LogP contribution in [0.2, 0.25) is 0 Å². The van der Waals surface area contributed by atoms with Crippen molar-refractivity contribution < 1.29 is 14.3 Å². The number of benzene rings is 1. The van der Waals surface area contributed by atoms with E-state index in [1.54, 1.807) is 0 Å². The number of hydrogen-bond acceptors (Lipinski definition) is 3. The predicted octanol–water partition coefficient (Wildman–Crippen LogP) is 0.762. The standard InChI is InChI=1S/C14H20N2O3/c1-10-6-4-5-7-12(10)8-15-14(18)13(9-19-3)16-11(2)17/h4-7,13H,8-9H2,1-3H3,(H,15,18)(H,16,17). The monoisotopic (exact) mass is 264 g/mol. The van der Waals surface area contributed by atoms with Gasteiger partial charge in [-0.25, -0.2) is 0 Å². The highest BCUT2D eigenvalue weighted by molar-refractivity contribution is 5.86. The fourth-order valence-electron chi connectivity index (χ4n) is 1.71. The summed E-state index contributed by atoms with van der Waals surface area (Å²) in [5.74, 6) is -0.506. The lowest BCUT2D eigenvalue weighted by atomic mass is 10.1. The van der Waals surface area contributed by atoms with Crippen molar-refractivity contribution in [2.24, 2.45) is 0 Å². The smallest absolute Gasteiger partial charge is 0.245 e. The number of methoxy groups -OCH3 is 1. The number of carbonyl (C=O) groups excluding carboxylic acids is 2. The number of nitrogens with one attached hydrogen (secondary N) is 2. The molecule has 0 saturated heterocycles. The molecule has 0 fully saturated rings. The third-order valence-electron chi connectivity index (χ3n) is 2.74. The number of carbonyl (C=O) groups is 2. The van der Waals surface area contributed by atoms with Crippen LogP contribution in [-0.2, 0) is 20.9 Å². The van der Waals surface area contributed by atoms with Gasteiger partial charge in [-0.3, -0.25) is 9.59 Å². The molecule has 0 aliphatic carbocycles. The molecule has 5 heteroatoms. The molecule has 0 bridgehead atoms. The van der Waals surface area contributed by atoms with E-state index in [0.717, 1.165) is 11.1 Å². The maximum atomic E-state index is 11.9. The Morgan fingerprint density at radius 1 is 1.32 bits per heavy atom. The van der Waals surface area contributed by atoms with Crippen LogP contribution in [0.3, 0.4) is 0 Å². The van der Waals surface area contributed by atoms with E-state index in [9.17, 15) is 9.59 Å². The molecule has 1 atom stereocenters.